The van der Waals surface area contributed by atoms with Crippen molar-refractivity contribution in [2.75, 3.05) is 18.5 Å². The fraction of sp³-hybridized carbons (Fsp3) is 0.381. The van der Waals surface area contributed by atoms with E-state index in [1.165, 1.54) is 24.3 Å². The Balaban J connectivity index is 1.67. The molecule has 0 spiro atoms. The molecule has 5 nitrogen and oxygen atoms in total. The lowest BCUT2D eigenvalue weighted by Crippen LogP contribution is -2.34. The van der Waals surface area contributed by atoms with E-state index in [4.69, 9.17) is 4.74 Å². The van der Waals surface area contributed by atoms with Crippen molar-refractivity contribution in [3.63, 3.8) is 0 Å². The van der Waals surface area contributed by atoms with Gasteiger partial charge in [-0.25, -0.2) is 4.39 Å². The van der Waals surface area contributed by atoms with Crippen LogP contribution in [-0.2, 0) is 11.3 Å². The maximum Gasteiger partial charge on any atom is 0.387 e. The van der Waals surface area contributed by atoms with Gasteiger partial charge in [-0.05, 0) is 55.7 Å². The van der Waals surface area contributed by atoms with Crippen molar-refractivity contribution in [2.24, 2.45) is 0 Å². The van der Waals surface area contributed by atoms with E-state index in [2.05, 4.69) is 10.1 Å². The molecule has 1 aliphatic carbocycles. The van der Waals surface area contributed by atoms with E-state index < -0.39 is 12.4 Å². The summed E-state index contributed by atoms with van der Waals surface area (Å²) in [5, 5.41) is 2.70. The number of ether oxygens (including phenoxy) is 2. The third-order valence-electron chi connectivity index (χ3n) is 4.43. The topological polar surface area (TPSA) is 50.8 Å². The Bertz CT molecular complexity index is 844. The summed E-state index contributed by atoms with van der Waals surface area (Å²) in [6.45, 7) is -0.275. The van der Waals surface area contributed by atoms with Gasteiger partial charge in [0, 0.05) is 18.3 Å². The third-order valence-corrected chi connectivity index (χ3v) is 4.43. The molecule has 1 N–H and O–H groups in total. The minimum atomic E-state index is -2.94. The molecule has 1 amide bonds. The fourth-order valence-corrected chi connectivity index (χ4v) is 3.05. The molecule has 2 aromatic rings. The Morgan fingerprint density at radius 3 is 2.66 bits per heavy atom. The monoisotopic (exact) mass is 408 g/mol. The molecule has 1 saturated carbocycles. The normalized spacial score (nSPS) is 13.6. The number of amides is 1. The number of carbonyl (C=O) groups is 1. The van der Waals surface area contributed by atoms with Crippen LogP contribution in [-0.4, -0.2) is 36.6 Å². The number of hydrogen-bond donors (Lipinski definition) is 1. The Morgan fingerprint density at radius 1 is 1.21 bits per heavy atom. The highest BCUT2D eigenvalue weighted by Crippen LogP contribution is 2.32. The predicted molar refractivity (Wildman–Crippen MR) is 103 cm³/mol. The molecule has 1 fully saturated rings. The Labute approximate surface area is 167 Å². The first-order chi connectivity index (χ1) is 13.9. The number of nitrogens with zero attached hydrogens (tertiary/aromatic N) is 1. The Hall–Kier alpha value is -2.74. The van der Waals surface area contributed by atoms with Gasteiger partial charge in [0.1, 0.15) is 5.82 Å². The Morgan fingerprint density at radius 2 is 2.00 bits per heavy atom. The van der Waals surface area contributed by atoms with Crippen LogP contribution in [0.25, 0.3) is 0 Å². The van der Waals surface area contributed by atoms with Crippen LogP contribution in [0.3, 0.4) is 0 Å². The van der Waals surface area contributed by atoms with Crippen molar-refractivity contribution in [3.8, 4) is 11.5 Å². The van der Waals surface area contributed by atoms with Crippen molar-refractivity contribution >= 4 is 11.6 Å². The van der Waals surface area contributed by atoms with Gasteiger partial charge in [-0.3, -0.25) is 9.69 Å². The molecule has 1 aliphatic rings. The number of anilines is 1. The third kappa shape index (κ3) is 6.39. The van der Waals surface area contributed by atoms with Gasteiger partial charge in [0.05, 0.1) is 13.2 Å². The molecule has 0 radical (unpaired) electrons. The average molecular weight is 408 g/mol. The second-order valence-corrected chi connectivity index (χ2v) is 6.79. The highest BCUT2D eigenvalue weighted by molar-refractivity contribution is 5.92. The van der Waals surface area contributed by atoms with Crippen LogP contribution >= 0.6 is 0 Å². The van der Waals surface area contributed by atoms with E-state index >= 15 is 0 Å². The Kier molecular flexibility index (Phi) is 6.98. The predicted octanol–water partition coefficient (Wildman–Crippen LogP) is 4.43. The van der Waals surface area contributed by atoms with Gasteiger partial charge in [-0.15, -0.1) is 0 Å². The summed E-state index contributed by atoms with van der Waals surface area (Å²) in [6, 6.07) is 10.8. The quantitative estimate of drug-likeness (QED) is 0.632. The summed E-state index contributed by atoms with van der Waals surface area (Å²) in [6.07, 6.45) is 1.97. The SMILES string of the molecule is CCOc1cc(CN(CC(=O)Nc2cccc(F)c2)C2CC2)ccc1OC(F)F. The van der Waals surface area contributed by atoms with Crippen LogP contribution in [0.1, 0.15) is 25.3 Å². The van der Waals surface area contributed by atoms with Crippen LogP contribution in [0.15, 0.2) is 42.5 Å². The van der Waals surface area contributed by atoms with E-state index in [9.17, 15) is 18.0 Å². The lowest BCUT2D eigenvalue weighted by Gasteiger charge is -2.22. The first kappa shape index (κ1) is 21.0. The summed E-state index contributed by atoms with van der Waals surface area (Å²) < 4.78 is 48.3. The molecule has 29 heavy (non-hydrogen) atoms. The van der Waals surface area contributed by atoms with Crippen molar-refractivity contribution in [1.29, 1.82) is 0 Å². The molecular weight excluding hydrogens is 385 g/mol. The number of nitrogens with one attached hydrogen (secondary N) is 1. The summed E-state index contributed by atoms with van der Waals surface area (Å²) >= 11 is 0. The molecule has 0 aromatic heterocycles. The molecule has 156 valence electrons. The van der Waals surface area contributed by atoms with Crippen LogP contribution in [0.4, 0.5) is 18.9 Å². The van der Waals surface area contributed by atoms with Crippen LogP contribution in [0.5, 0.6) is 11.5 Å². The molecule has 0 unspecified atom stereocenters. The zero-order valence-corrected chi connectivity index (χ0v) is 16.0. The van der Waals surface area contributed by atoms with E-state index in [1.54, 1.807) is 25.1 Å². The molecule has 0 bridgehead atoms. The van der Waals surface area contributed by atoms with Crippen molar-refractivity contribution in [2.45, 2.75) is 39.0 Å². The van der Waals surface area contributed by atoms with Gasteiger partial charge in [0.15, 0.2) is 11.5 Å². The highest BCUT2D eigenvalue weighted by atomic mass is 19.3. The van der Waals surface area contributed by atoms with E-state index in [0.717, 1.165) is 18.4 Å². The number of alkyl halides is 2. The standard InChI is InChI=1S/C21H23F3N2O3/c1-2-28-19-10-14(6-9-18(19)29-21(23)24)12-26(17-7-8-17)13-20(27)25-16-5-3-4-15(22)11-16/h3-6,9-11,17,21H,2,7-8,12-13H2,1H3,(H,25,27). The maximum atomic E-state index is 13.3. The fourth-order valence-electron chi connectivity index (χ4n) is 3.05. The average Bonchev–Trinajstić information content (AvgIpc) is 3.48. The van der Waals surface area contributed by atoms with Crippen LogP contribution < -0.4 is 14.8 Å². The highest BCUT2D eigenvalue weighted by Gasteiger charge is 2.30. The van der Waals surface area contributed by atoms with Crippen LogP contribution in [0.2, 0.25) is 0 Å². The maximum absolute atomic E-state index is 13.3. The summed E-state index contributed by atoms with van der Waals surface area (Å²) in [7, 11) is 0. The first-order valence-electron chi connectivity index (χ1n) is 9.44. The number of rotatable bonds is 10. The van der Waals surface area contributed by atoms with Gasteiger partial charge in [0.25, 0.3) is 0 Å². The molecule has 0 aliphatic heterocycles. The number of carbonyl (C=O) groups excluding carboxylic acids is 1. The van der Waals surface area contributed by atoms with Gasteiger partial charge in [0.2, 0.25) is 5.91 Å². The zero-order valence-electron chi connectivity index (χ0n) is 16.0. The lowest BCUT2D eigenvalue weighted by molar-refractivity contribution is -0.117. The number of hydrogen-bond acceptors (Lipinski definition) is 4. The van der Waals surface area contributed by atoms with Crippen molar-refractivity contribution in [1.82, 2.24) is 4.90 Å². The second kappa shape index (κ2) is 9.65. The summed E-state index contributed by atoms with van der Waals surface area (Å²) in [5.41, 5.74) is 1.22. The molecule has 0 saturated heterocycles. The largest absolute Gasteiger partial charge is 0.490 e. The van der Waals surface area contributed by atoms with E-state index in [1.807, 2.05) is 4.90 Å². The molecule has 8 heteroatoms. The van der Waals surface area contributed by atoms with Crippen LogP contribution in [0, 0.1) is 5.82 Å². The summed E-state index contributed by atoms with van der Waals surface area (Å²) in [5.74, 6) is -0.445. The number of benzene rings is 2. The molecule has 0 heterocycles. The summed E-state index contributed by atoms with van der Waals surface area (Å²) in [4.78, 5) is 14.4. The molecular formula is C21H23F3N2O3. The first-order valence-corrected chi connectivity index (χ1v) is 9.44. The smallest absolute Gasteiger partial charge is 0.387 e. The minimum Gasteiger partial charge on any atom is -0.490 e. The number of halogens is 3. The molecule has 2 aromatic carbocycles. The zero-order chi connectivity index (χ0) is 20.8. The molecule has 0 atom stereocenters. The van der Waals surface area contributed by atoms with E-state index in [-0.39, 0.29) is 30.0 Å². The minimum absolute atomic E-state index is 0.0209. The van der Waals surface area contributed by atoms with Gasteiger partial charge in [-0.2, -0.15) is 8.78 Å². The van der Waals surface area contributed by atoms with Crippen molar-refractivity contribution < 1.29 is 27.4 Å². The van der Waals surface area contributed by atoms with Gasteiger partial charge < -0.3 is 14.8 Å². The molecule has 3 rings (SSSR count). The lowest BCUT2D eigenvalue weighted by atomic mass is 10.2. The van der Waals surface area contributed by atoms with Crippen molar-refractivity contribution in [3.05, 3.63) is 53.8 Å². The second-order valence-electron chi connectivity index (χ2n) is 6.79. The van der Waals surface area contributed by atoms with E-state index in [0.29, 0.717) is 18.8 Å². The van der Waals surface area contributed by atoms with Gasteiger partial charge in [-0.1, -0.05) is 12.1 Å². The van der Waals surface area contributed by atoms with Gasteiger partial charge >= 0.3 is 6.61 Å².